The van der Waals surface area contributed by atoms with E-state index < -0.39 is 0 Å². The number of hydrogen-bond acceptors (Lipinski definition) is 3. The van der Waals surface area contributed by atoms with Crippen LogP contribution in [0.25, 0.3) is 10.9 Å². The van der Waals surface area contributed by atoms with E-state index >= 15 is 0 Å². The molecular formula is C19H21ClN3O2+. The summed E-state index contributed by atoms with van der Waals surface area (Å²) in [4.78, 5) is 20.8. The van der Waals surface area contributed by atoms with Gasteiger partial charge in [0.1, 0.15) is 18.8 Å². The fourth-order valence-electron chi connectivity index (χ4n) is 2.96. The molecule has 2 aromatic carbocycles. The Bertz CT molecular complexity index is 969. The fraction of sp³-hybridized carbons (Fsp3) is 0.263. The van der Waals surface area contributed by atoms with Crippen LogP contribution in [0.15, 0.2) is 41.2 Å². The zero-order chi connectivity index (χ0) is 18.0. The molecule has 3 aromatic rings. The molecular weight excluding hydrogens is 338 g/mol. The third-order valence-electron chi connectivity index (χ3n) is 4.11. The molecule has 0 aliphatic rings. The highest BCUT2D eigenvalue weighted by molar-refractivity contribution is 6.31. The van der Waals surface area contributed by atoms with Crippen LogP contribution in [-0.2, 0) is 13.1 Å². The van der Waals surface area contributed by atoms with Crippen molar-refractivity contribution in [3.63, 3.8) is 0 Å². The average molecular weight is 359 g/mol. The summed E-state index contributed by atoms with van der Waals surface area (Å²) in [5, 5.41) is 1.12. The van der Waals surface area contributed by atoms with E-state index in [9.17, 15) is 4.79 Å². The van der Waals surface area contributed by atoms with Gasteiger partial charge in [0.05, 0.1) is 25.1 Å². The molecule has 0 amide bonds. The van der Waals surface area contributed by atoms with Gasteiger partial charge in [0.15, 0.2) is 5.82 Å². The SMILES string of the molecule is COc1ccc(C)cc1C[NH+](C)Cc1nc2cc(Cl)ccc2c(=O)[nH]1. The molecule has 0 fully saturated rings. The van der Waals surface area contributed by atoms with Gasteiger partial charge in [-0.05, 0) is 37.3 Å². The minimum atomic E-state index is -0.141. The third kappa shape index (κ3) is 4.00. The molecule has 5 nitrogen and oxygen atoms in total. The van der Waals surface area contributed by atoms with Gasteiger partial charge in [0, 0.05) is 10.6 Å². The Balaban J connectivity index is 1.84. The van der Waals surface area contributed by atoms with Crippen LogP contribution in [-0.4, -0.2) is 24.1 Å². The van der Waals surface area contributed by atoms with Crippen molar-refractivity contribution in [2.24, 2.45) is 0 Å². The highest BCUT2D eigenvalue weighted by atomic mass is 35.5. The Morgan fingerprint density at radius 2 is 2.00 bits per heavy atom. The van der Waals surface area contributed by atoms with Crippen molar-refractivity contribution in [2.45, 2.75) is 20.0 Å². The quantitative estimate of drug-likeness (QED) is 0.734. The monoisotopic (exact) mass is 358 g/mol. The summed E-state index contributed by atoms with van der Waals surface area (Å²) in [6.07, 6.45) is 0. The number of benzene rings is 2. The molecule has 0 saturated carbocycles. The summed E-state index contributed by atoms with van der Waals surface area (Å²) in [7, 11) is 3.74. The van der Waals surface area contributed by atoms with Crippen molar-refractivity contribution in [3.8, 4) is 5.75 Å². The molecule has 0 spiro atoms. The predicted molar refractivity (Wildman–Crippen MR) is 99.4 cm³/mol. The second-order valence-electron chi connectivity index (χ2n) is 6.30. The van der Waals surface area contributed by atoms with E-state index in [2.05, 4.69) is 30.0 Å². The summed E-state index contributed by atoms with van der Waals surface area (Å²) in [6, 6.07) is 11.2. The molecule has 25 heavy (non-hydrogen) atoms. The lowest BCUT2D eigenvalue weighted by molar-refractivity contribution is -0.908. The first-order chi connectivity index (χ1) is 12.0. The average Bonchev–Trinajstić information content (AvgIpc) is 2.54. The number of aryl methyl sites for hydroxylation is 1. The highest BCUT2D eigenvalue weighted by Gasteiger charge is 2.13. The van der Waals surface area contributed by atoms with Crippen molar-refractivity contribution in [1.29, 1.82) is 0 Å². The summed E-state index contributed by atoms with van der Waals surface area (Å²) in [5.74, 6) is 1.51. The number of aromatic nitrogens is 2. The van der Waals surface area contributed by atoms with Crippen LogP contribution in [0.2, 0.25) is 5.02 Å². The van der Waals surface area contributed by atoms with E-state index in [1.165, 1.54) is 10.5 Å². The molecule has 0 bridgehead atoms. The fourth-order valence-corrected chi connectivity index (χ4v) is 3.13. The largest absolute Gasteiger partial charge is 0.496 e. The van der Waals surface area contributed by atoms with Crippen LogP contribution in [0.1, 0.15) is 17.0 Å². The lowest BCUT2D eigenvalue weighted by Crippen LogP contribution is -3.06. The molecule has 6 heteroatoms. The van der Waals surface area contributed by atoms with Crippen molar-refractivity contribution >= 4 is 22.5 Å². The number of nitrogens with one attached hydrogen (secondary N) is 2. The molecule has 1 aromatic heterocycles. The van der Waals surface area contributed by atoms with Crippen LogP contribution in [0, 0.1) is 6.92 Å². The van der Waals surface area contributed by atoms with Crippen molar-refractivity contribution < 1.29 is 9.64 Å². The molecule has 0 aliphatic carbocycles. The molecule has 0 radical (unpaired) electrons. The van der Waals surface area contributed by atoms with Crippen LogP contribution < -0.4 is 15.2 Å². The Kier molecular flexibility index (Phi) is 5.06. The minimum absolute atomic E-state index is 0.141. The summed E-state index contributed by atoms with van der Waals surface area (Å²) in [6.45, 7) is 3.42. The standard InChI is InChI=1S/C19H20ClN3O2/c1-12-4-7-17(25-3)13(8-12)10-23(2)11-18-21-16-9-14(20)5-6-15(16)19(24)22-18/h4-9H,10-11H2,1-3H3,(H,21,22,24)/p+1. The van der Waals surface area contributed by atoms with Crippen LogP contribution in [0.3, 0.4) is 0 Å². The minimum Gasteiger partial charge on any atom is -0.496 e. The number of halogens is 1. The first-order valence-corrected chi connectivity index (χ1v) is 8.47. The number of quaternary nitrogens is 1. The van der Waals surface area contributed by atoms with E-state index in [0.717, 1.165) is 17.9 Å². The van der Waals surface area contributed by atoms with Gasteiger partial charge in [-0.25, -0.2) is 4.98 Å². The van der Waals surface area contributed by atoms with E-state index in [1.54, 1.807) is 25.3 Å². The van der Waals surface area contributed by atoms with E-state index in [0.29, 0.717) is 28.3 Å². The Morgan fingerprint density at radius 1 is 1.20 bits per heavy atom. The molecule has 3 rings (SSSR count). The van der Waals surface area contributed by atoms with Gasteiger partial charge in [0.25, 0.3) is 5.56 Å². The van der Waals surface area contributed by atoms with Gasteiger partial charge < -0.3 is 14.6 Å². The number of fused-ring (bicyclic) bond motifs is 1. The van der Waals surface area contributed by atoms with Crippen molar-refractivity contribution in [2.75, 3.05) is 14.2 Å². The van der Waals surface area contributed by atoms with Crippen molar-refractivity contribution in [3.05, 3.63) is 68.7 Å². The van der Waals surface area contributed by atoms with Gasteiger partial charge >= 0.3 is 0 Å². The third-order valence-corrected chi connectivity index (χ3v) is 4.35. The zero-order valence-corrected chi connectivity index (χ0v) is 15.3. The number of ether oxygens (including phenoxy) is 1. The number of aromatic amines is 1. The van der Waals surface area contributed by atoms with Gasteiger partial charge in [-0.15, -0.1) is 0 Å². The number of H-pyrrole nitrogens is 1. The zero-order valence-electron chi connectivity index (χ0n) is 14.5. The summed E-state index contributed by atoms with van der Waals surface area (Å²) in [5.41, 5.74) is 2.80. The molecule has 130 valence electrons. The Labute approximate surface area is 151 Å². The van der Waals surface area contributed by atoms with E-state index in [1.807, 2.05) is 12.1 Å². The molecule has 1 atom stereocenters. The van der Waals surface area contributed by atoms with Gasteiger partial charge in [0.2, 0.25) is 0 Å². The van der Waals surface area contributed by atoms with Crippen LogP contribution in [0.5, 0.6) is 5.75 Å². The first-order valence-electron chi connectivity index (χ1n) is 8.09. The second kappa shape index (κ2) is 7.25. The maximum absolute atomic E-state index is 12.2. The normalized spacial score (nSPS) is 12.3. The Morgan fingerprint density at radius 3 is 2.76 bits per heavy atom. The molecule has 0 saturated heterocycles. The predicted octanol–water partition coefficient (Wildman–Crippen LogP) is 2.11. The van der Waals surface area contributed by atoms with Gasteiger partial charge in [-0.2, -0.15) is 0 Å². The molecule has 1 heterocycles. The molecule has 0 aliphatic heterocycles. The number of methoxy groups -OCH3 is 1. The first kappa shape index (κ1) is 17.5. The van der Waals surface area contributed by atoms with E-state index in [4.69, 9.17) is 16.3 Å². The number of nitrogens with zero attached hydrogens (tertiary/aromatic N) is 1. The lowest BCUT2D eigenvalue weighted by Gasteiger charge is -2.16. The smallest absolute Gasteiger partial charge is 0.258 e. The van der Waals surface area contributed by atoms with Crippen molar-refractivity contribution in [1.82, 2.24) is 9.97 Å². The van der Waals surface area contributed by atoms with Gasteiger partial charge in [-0.3, -0.25) is 4.79 Å². The number of hydrogen-bond donors (Lipinski definition) is 2. The number of rotatable bonds is 5. The lowest BCUT2D eigenvalue weighted by atomic mass is 10.1. The van der Waals surface area contributed by atoms with Crippen LogP contribution >= 0.6 is 11.6 Å². The van der Waals surface area contributed by atoms with E-state index in [-0.39, 0.29) is 5.56 Å². The highest BCUT2D eigenvalue weighted by Crippen LogP contribution is 2.18. The second-order valence-corrected chi connectivity index (χ2v) is 6.74. The topological polar surface area (TPSA) is 59.4 Å². The summed E-state index contributed by atoms with van der Waals surface area (Å²) < 4.78 is 5.44. The Hall–Kier alpha value is -2.37. The maximum atomic E-state index is 12.2. The molecule has 1 unspecified atom stereocenters. The van der Waals surface area contributed by atoms with Crippen LogP contribution in [0.4, 0.5) is 0 Å². The maximum Gasteiger partial charge on any atom is 0.258 e. The van der Waals surface area contributed by atoms with Gasteiger partial charge in [-0.1, -0.05) is 23.2 Å². The summed E-state index contributed by atoms with van der Waals surface area (Å²) >= 11 is 6.01. The molecule has 2 N–H and O–H groups in total.